The summed E-state index contributed by atoms with van der Waals surface area (Å²) in [6.45, 7) is 0.244. The van der Waals surface area contributed by atoms with E-state index in [0.29, 0.717) is 0 Å². The molecule has 0 amide bonds. The number of aliphatic hydroxyl groups excluding tert-OH is 1. The first-order valence-electron chi connectivity index (χ1n) is 4.27. The third-order valence-electron chi connectivity index (χ3n) is 1.60. The minimum atomic E-state index is 0.244. The van der Waals surface area contributed by atoms with Crippen molar-refractivity contribution < 1.29 is 5.11 Å². The van der Waals surface area contributed by atoms with Crippen molar-refractivity contribution >= 4 is 21.6 Å². The van der Waals surface area contributed by atoms with Crippen LogP contribution in [-0.2, 0) is 5.75 Å². The maximum atomic E-state index is 8.58. The van der Waals surface area contributed by atoms with E-state index in [1.165, 1.54) is 5.56 Å². The van der Waals surface area contributed by atoms with Crippen LogP contribution in [-0.4, -0.2) is 17.5 Å². The average Bonchev–Trinajstić information content (AvgIpc) is 2.25. The zero-order chi connectivity index (χ0) is 10.2. The molecule has 0 unspecified atom stereocenters. The van der Waals surface area contributed by atoms with Gasteiger partial charge in [-0.25, -0.2) is 0 Å². The van der Waals surface area contributed by atoms with Crippen molar-refractivity contribution in [2.45, 2.75) is 5.75 Å². The summed E-state index contributed by atoms with van der Waals surface area (Å²) in [5.74, 6) is 4.32. The minimum Gasteiger partial charge on any atom is -0.395 e. The normalized spacial score (nSPS) is 9.71. The van der Waals surface area contributed by atoms with E-state index in [4.69, 9.17) is 11.5 Å². The molecule has 3 heteroatoms. The minimum absolute atomic E-state index is 0.244. The fourth-order valence-electron chi connectivity index (χ4n) is 0.903. The van der Waals surface area contributed by atoms with Crippen molar-refractivity contribution in [1.29, 1.82) is 0 Å². The van der Waals surface area contributed by atoms with Gasteiger partial charge in [-0.2, -0.15) is 0 Å². The summed E-state index contributed by atoms with van der Waals surface area (Å²) < 4.78 is 0. The molecule has 0 atom stereocenters. The molecule has 1 nitrogen and oxygen atoms in total. The molecule has 0 aliphatic carbocycles. The molecule has 0 spiro atoms. The van der Waals surface area contributed by atoms with Gasteiger partial charge in [0.1, 0.15) is 0 Å². The van der Waals surface area contributed by atoms with Crippen LogP contribution >= 0.6 is 21.6 Å². The van der Waals surface area contributed by atoms with Gasteiger partial charge < -0.3 is 5.11 Å². The van der Waals surface area contributed by atoms with Crippen LogP contribution in [0.15, 0.2) is 24.3 Å². The molecule has 0 saturated carbocycles. The zero-order valence-corrected chi connectivity index (χ0v) is 9.40. The van der Waals surface area contributed by atoms with Gasteiger partial charge in [0.05, 0.1) is 6.61 Å². The summed E-state index contributed by atoms with van der Waals surface area (Å²) in [4.78, 5) is 0. The lowest BCUT2D eigenvalue weighted by Crippen LogP contribution is -1.83. The summed E-state index contributed by atoms with van der Waals surface area (Å²) in [5, 5.41) is 8.58. The van der Waals surface area contributed by atoms with Crippen LogP contribution in [0.5, 0.6) is 0 Å². The van der Waals surface area contributed by atoms with Crippen molar-refractivity contribution in [3.05, 3.63) is 35.4 Å². The maximum Gasteiger partial charge on any atom is 0.0530 e. The number of hydrogen-bond donors (Lipinski definition) is 1. The van der Waals surface area contributed by atoms with Crippen LogP contribution in [0.3, 0.4) is 0 Å². The fraction of sp³-hybridized carbons (Fsp3) is 0.273. The molecule has 0 radical (unpaired) electrons. The Morgan fingerprint density at radius 3 is 2.50 bits per heavy atom. The Balaban J connectivity index is 2.33. The van der Waals surface area contributed by atoms with Gasteiger partial charge in [-0.1, -0.05) is 39.6 Å². The van der Waals surface area contributed by atoms with Crippen LogP contribution in [0.25, 0.3) is 0 Å². The van der Waals surface area contributed by atoms with E-state index in [-0.39, 0.29) is 6.61 Å². The van der Waals surface area contributed by atoms with E-state index >= 15 is 0 Å². The number of terminal acetylenes is 1. The predicted molar refractivity (Wildman–Crippen MR) is 65.2 cm³/mol. The third-order valence-corrected chi connectivity index (χ3v) is 3.92. The third kappa shape index (κ3) is 4.10. The molecular formula is C11H12OS2. The van der Waals surface area contributed by atoms with Gasteiger partial charge in [0.2, 0.25) is 0 Å². The molecule has 74 valence electrons. The van der Waals surface area contributed by atoms with Gasteiger partial charge in [0.15, 0.2) is 0 Å². The molecular weight excluding hydrogens is 212 g/mol. The summed E-state index contributed by atoms with van der Waals surface area (Å²) in [6.07, 6.45) is 5.25. The first-order valence-corrected chi connectivity index (χ1v) is 6.76. The molecule has 0 heterocycles. The average molecular weight is 224 g/mol. The lowest BCUT2D eigenvalue weighted by molar-refractivity contribution is 0.323. The molecule has 14 heavy (non-hydrogen) atoms. The largest absolute Gasteiger partial charge is 0.395 e. The van der Waals surface area contributed by atoms with E-state index < -0.39 is 0 Å². The molecule has 0 aliphatic heterocycles. The fourth-order valence-corrected chi connectivity index (χ4v) is 2.74. The van der Waals surface area contributed by atoms with Gasteiger partial charge >= 0.3 is 0 Å². The van der Waals surface area contributed by atoms with Crippen LogP contribution < -0.4 is 0 Å². The highest BCUT2D eigenvalue weighted by molar-refractivity contribution is 8.76. The molecule has 0 aromatic heterocycles. The van der Waals surface area contributed by atoms with Gasteiger partial charge in [0, 0.05) is 17.1 Å². The molecule has 1 aromatic carbocycles. The van der Waals surface area contributed by atoms with E-state index in [0.717, 1.165) is 17.1 Å². The van der Waals surface area contributed by atoms with Gasteiger partial charge in [0.25, 0.3) is 0 Å². The number of aliphatic hydroxyl groups is 1. The molecule has 1 rings (SSSR count). The zero-order valence-electron chi connectivity index (χ0n) is 7.77. The van der Waals surface area contributed by atoms with Crippen molar-refractivity contribution in [1.82, 2.24) is 0 Å². The first kappa shape index (κ1) is 11.5. The SMILES string of the molecule is C#Cc1ccc(CSSCCO)cc1. The topological polar surface area (TPSA) is 20.2 Å². The number of rotatable bonds is 5. The van der Waals surface area contributed by atoms with Gasteiger partial charge in [-0.3, -0.25) is 0 Å². The van der Waals surface area contributed by atoms with Crippen molar-refractivity contribution in [3.63, 3.8) is 0 Å². The monoisotopic (exact) mass is 224 g/mol. The van der Waals surface area contributed by atoms with Crippen molar-refractivity contribution in [2.75, 3.05) is 12.4 Å². The summed E-state index contributed by atoms with van der Waals surface area (Å²) >= 11 is 0. The lowest BCUT2D eigenvalue weighted by atomic mass is 10.2. The van der Waals surface area contributed by atoms with Crippen LogP contribution in [0.2, 0.25) is 0 Å². The summed E-state index contributed by atoms with van der Waals surface area (Å²) in [6, 6.07) is 7.99. The molecule has 1 N–H and O–H groups in total. The first-order chi connectivity index (χ1) is 6.86. The summed E-state index contributed by atoms with van der Waals surface area (Å²) in [7, 11) is 3.43. The highest BCUT2D eigenvalue weighted by Gasteiger charge is 1.94. The Kier molecular flexibility index (Phi) is 5.62. The van der Waals surface area contributed by atoms with Crippen LogP contribution in [0.4, 0.5) is 0 Å². The molecule has 1 aromatic rings. The highest BCUT2D eigenvalue weighted by Crippen LogP contribution is 2.25. The second-order valence-electron chi connectivity index (χ2n) is 2.65. The number of hydrogen-bond acceptors (Lipinski definition) is 3. The van der Waals surface area contributed by atoms with E-state index in [2.05, 4.69) is 5.92 Å². The quantitative estimate of drug-likeness (QED) is 0.471. The van der Waals surface area contributed by atoms with Gasteiger partial charge in [-0.05, 0) is 17.7 Å². The van der Waals surface area contributed by atoms with Crippen LogP contribution in [0, 0.1) is 12.3 Å². The molecule has 0 aliphatic rings. The van der Waals surface area contributed by atoms with E-state index in [1.807, 2.05) is 24.3 Å². The Bertz CT molecular complexity index is 300. The predicted octanol–water partition coefficient (Wildman–Crippen LogP) is 2.54. The Hall–Kier alpha value is -0.560. The maximum absolute atomic E-state index is 8.58. The molecule has 0 fully saturated rings. The van der Waals surface area contributed by atoms with Gasteiger partial charge in [-0.15, -0.1) is 6.42 Å². The van der Waals surface area contributed by atoms with Crippen LogP contribution in [0.1, 0.15) is 11.1 Å². The van der Waals surface area contributed by atoms with Crippen molar-refractivity contribution in [2.24, 2.45) is 0 Å². The summed E-state index contributed by atoms with van der Waals surface area (Å²) in [5.41, 5.74) is 2.18. The molecule has 0 bridgehead atoms. The highest BCUT2D eigenvalue weighted by atomic mass is 33.1. The second-order valence-corrected chi connectivity index (χ2v) is 5.23. The Morgan fingerprint density at radius 1 is 1.21 bits per heavy atom. The Morgan fingerprint density at radius 2 is 1.93 bits per heavy atom. The lowest BCUT2D eigenvalue weighted by Gasteiger charge is -2.00. The van der Waals surface area contributed by atoms with E-state index in [1.54, 1.807) is 21.6 Å². The molecule has 0 saturated heterocycles. The van der Waals surface area contributed by atoms with E-state index in [9.17, 15) is 0 Å². The van der Waals surface area contributed by atoms with Crippen molar-refractivity contribution in [3.8, 4) is 12.3 Å². The second kappa shape index (κ2) is 6.83. The number of benzene rings is 1. The smallest absolute Gasteiger partial charge is 0.0530 e. The Labute approximate surface area is 92.7 Å². The standard InChI is InChI=1S/C11H12OS2/c1-2-10-3-5-11(6-4-10)9-14-13-8-7-12/h1,3-6,12H,7-9H2.